The van der Waals surface area contributed by atoms with Crippen molar-refractivity contribution >= 4 is 63.8 Å². The molecule has 2 aromatic carbocycles. The fourth-order valence-electron chi connectivity index (χ4n) is 3.67. The highest BCUT2D eigenvalue weighted by atomic mass is 35.5. The molecule has 0 aliphatic carbocycles. The second-order valence-electron chi connectivity index (χ2n) is 8.48. The number of para-hydroxylation sites is 1. The first-order valence-corrected chi connectivity index (χ1v) is 13.2. The number of carbonyl (C=O) groups is 4. The second-order valence-corrected chi connectivity index (χ2v) is 9.88. The van der Waals surface area contributed by atoms with Crippen molar-refractivity contribution in [2.45, 2.75) is 19.8 Å². The number of ether oxygens (including phenoxy) is 1. The largest absolute Gasteiger partial charge is 0.462 e. The Balaban J connectivity index is 1.43. The van der Waals surface area contributed by atoms with Gasteiger partial charge >= 0.3 is 5.97 Å². The van der Waals surface area contributed by atoms with Gasteiger partial charge in [-0.25, -0.2) is 4.79 Å². The molecule has 1 aliphatic rings. The van der Waals surface area contributed by atoms with E-state index >= 15 is 0 Å². The van der Waals surface area contributed by atoms with Crippen molar-refractivity contribution in [1.29, 1.82) is 0 Å². The summed E-state index contributed by atoms with van der Waals surface area (Å²) >= 11 is 6.73. The van der Waals surface area contributed by atoms with Gasteiger partial charge in [-0.05, 0) is 54.6 Å². The smallest absolute Gasteiger partial charge is 0.339 e. The first kappa shape index (κ1) is 28.6. The molecule has 1 aromatic heterocycles. The lowest BCUT2D eigenvalue weighted by atomic mass is 10.1. The topological polar surface area (TPSA) is 149 Å². The van der Waals surface area contributed by atoms with Crippen molar-refractivity contribution in [1.82, 2.24) is 4.90 Å². The number of rotatable bonds is 10. The van der Waals surface area contributed by atoms with Gasteiger partial charge < -0.3 is 14.5 Å². The summed E-state index contributed by atoms with van der Waals surface area (Å²) in [5.74, 6) is -1.59. The van der Waals surface area contributed by atoms with E-state index in [0.717, 1.165) is 11.3 Å². The highest BCUT2D eigenvalue weighted by Gasteiger charge is 2.36. The lowest BCUT2D eigenvalue weighted by Gasteiger charge is -2.13. The van der Waals surface area contributed by atoms with E-state index in [1.165, 1.54) is 54.6 Å². The van der Waals surface area contributed by atoms with E-state index in [1.54, 1.807) is 6.07 Å². The standard InChI is InChI=1S/C27H22ClN3O8S/c1-2-3-12-38-26(34)19-13-16(8-10-20(19)28)29-24(32)15-30-25(33)23(40-27(30)35)14-17-9-11-22(39-17)18-6-4-5-7-21(18)31(36)37/h4-11,13-14H,2-3,12,15H2,1H3,(H,29,32)/b23-14+. The Morgan fingerprint density at radius 2 is 1.95 bits per heavy atom. The summed E-state index contributed by atoms with van der Waals surface area (Å²) in [6, 6.07) is 13.3. The number of benzene rings is 2. The van der Waals surface area contributed by atoms with Crippen LogP contribution in [-0.4, -0.2) is 46.0 Å². The predicted octanol–water partition coefficient (Wildman–Crippen LogP) is 6.14. The molecule has 0 spiro atoms. The number of hydrogen-bond acceptors (Lipinski definition) is 9. The molecule has 1 fully saturated rings. The Bertz CT molecular complexity index is 1530. The van der Waals surface area contributed by atoms with Gasteiger partial charge in [-0.15, -0.1) is 0 Å². The Kier molecular flexibility index (Phi) is 9.02. The summed E-state index contributed by atoms with van der Waals surface area (Å²) in [6.07, 6.45) is 2.88. The van der Waals surface area contributed by atoms with Crippen LogP contribution in [0.5, 0.6) is 0 Å². The molecule has 0 atom stereocenters. The van der Waals surface area contributed by atoms with Gasteiger partial charge in [-0.2, -0.15) is 0 Å². The molecule has 3 aromatic rings. The predicted molar refractivity (Wildman–Crippen MR) is 149 cm³/mol. The number of thioether (sulfide) groups is 1. The molecule has 0 bridgehead atoms. The molecule has 0 saturated carbocycles. The van der Waals surface area contributed by atoms with Crippen LogP contribution in [-0.2, 0) is 14.3 Å². The molecule has 4 rings (SSSR count). The molecular weight excluding hydrogens is 562 g/mol. The molecule has 2 heterocycles. The van der Waals surface area contributed by atoms with Gasteiger partial charge in [0.15, 0.2) is 0 Å². The van der Waals surface area contributed by atoms with Crippen LogP contribution < -0.4 is 5.32 Å². The highest BCUT2D eigenvalue weighted by molar-refractivity contribution is 8.18. The van der Waals surface area contributed by atoms with Crippen LogP contribution in [0.1, 0.15) is 35.9 Å². The van der Waals surface area contributed by atoms with Gasteiger partial charge in [-0.1, -0.05) is 37.1 Å². The van der Waals surface area contributed by atoms with E-state index < -0.39 is 34.5 Å². The van der Waals surface area contributed by atoms with Crippen LogP contribution in [0.25, 0.3) is 17.4 Å². The molecule has 206 valence electrons. The van der Waals surface area contributed by atoms with Gasteiger partial charge in [0, 0.05) is 17.8 Å². The van der Waals surface area contributed by atoms with E-state index in [4.69, 9.17) is 20.8 Å². The van der Waals surface area contributed by atoms with E-state index in [0.29, 0.717) is 18.2 Å². The molecule has 1 aliphatic heterocycles. The quantitative estimate of drug-likeness (QED) is 0.0975. The van der Waals surface area contributed by atoms with E-state index in [-0.39, 0.29) is 50.6 Å². The number of nitro benzene ring substituents is 1. The van der Waals surface area contributed by atoms with Gasteiger partial charge in [0.1, 0.15) is 18.1 Å². The minimum Gasteiger partial charge on any atom is -0.462 e. The molecule has 0 unspecified atom stereocenters. The third kappa shape index (κ3) is 6.58. The number of nitro groups is 1. The third-order valence-corrected chi connectivity index (χ3v) is 6.88. The van der Waals surface area contributed by atoms with Crippen LogP contribution in [0.4, 0.5) is 16.2 Å². The maximum atomic E-state index is 12.9. The third-order valence-electron chi connectivity index (χ3n) is 5.64. The minimum absolute atomic E-state index is 0.0184. The number of imide groups is 1. The highest BCUT2D eigenvalue weighted by Crippen LogP contribution is 2.35. The molecule has 13 heteroatoms. The molecule has 11 nitrogen and oxygen atoms in total. The lowest BCUT2D eigenvalue weighted by molar-refractivity contribution is -0.384. The maximum absolute atomic E-state index is 12.9. The van der Waals surface area contributed by atoms with Crippen LogP contribution in [0.2, 0.25) is 5.02 Å². The van der Waals surface area contributed by atoms with Crippen LogP contribution >= 0.6 is 23.4 Å². The van der Waals surface area contributed by atoms with Crippen molar-refractivity contribution in [3.8, 4) is 11.3 Å². The number of esters is 1. The van der Waals surface area contributed by atoms with E-state index in [1.807, 2.05) is 6.92 Å². The first-order valence-electron chi connectivity index (χ1n) is 12.0. The van der Waals surface area contributed by atoms with Crippen molar-refractivity contribution < 1.29 is 33.3 Å². The minimum atomic E-state index is -0.704. The number of anilines is 1. The molecule has 3 amide bonds. The zero-order valence-corrected chi connectivity index (χ0v) is 22.6. The van der Waals surface area contributed by atoms with Gasteiger partial charge in [0.2, 0.25) is 5.91 Å². The normalized spacial score (nSPS) is 14.1. The fourth-order valence-corrected chi connectivity index (χ4v) is 4.69. The van der Waals surface area contributed by atoms with E-state index in [2.05, 4.69) is 5.32 Å². The summed E-state index contributed by atoms with van der Waals surface area (Å²) in [7, 11) is 0. The SMILES string of the molecule is CCCCOC(=O)c1cc(NC(=O)CN2C(=O)S/C(=C/c3ccc(-c4ccccc4[N+](=O)[O-])o3)C2=O)ccc1Cl. The lowest BCUT2D eigenvalue weighted by Crippen LogP contribution is -2.36. The van der Waals surface area contributed by atoms with Crippen molar-refractivity contribution in [3.05, 3.63) is 86.0 Å². The number of hydrogen-bond donors (Lipinski definition) is 1. The number of furan rings is 1. The fraction of sp³-hybridized carbons (Fsp3) is 0.185. The molecule has 40 heavy (non-hydrogen) atoms. The van der Waals surface area contributed by atoms with Crippen molar-refractivity contribution in [3.63, 3.8) is 0 Å². The number of nitrogens with one attached hydrogen (secondary N) is 1. The molecule has 1 N–H and O–H groups in total. The Hall–Kier alpha value is -4.42. The number of halogens is 1. The summed E-state index contributed by atoms with van der Waals surface area (Å²) in [5, 5.41) is 13.3. The van der Waals surface area contributed by atoms with Crippen LogP contribution in [0, 0.1) is 10.1 Å². The average Bonchev–Trinajstić information content (AvgIpc) is 3.50. The van der Waals surface area contributed by atoms with Crippen LogP contribution in [0.15, 0.2) is 63.9 Å². The Labute approximate surface area is 237 Å². The van der Waals surface area contributed by atoms with Crippen LogP contribution in [0.3, 0.4) is 0 Å². The molecule has 1 saturated heterocycles. The number of unbranched alkanes of at least 4 members (excludes halogenated alkanes) is 1. The average molecular weight is 584 g/mol. The second kappa shape index (κ2) is 12.6. The summed E-state index contributed by atoms with van der Waals surface area (Å²) in [6.45, 7) is 1.62. The zero-order valence-electron chi connectivity index (χ0n) is 21.0. The van der Waals surface area contributed by atoms with Crippen molar-refractivity contribution in [2.75, 3.05) is 18.5 Å². The van der Waals surface area contributed by atoms with E-state index in [9.17, 15) is 29.3 Å². The Morgan fingerprint density at radius 1 is 1.18 bits per heavy atom. The summed E-state index contributed by atoms with van der Waals surface area (Å²) in [5.41, 5.74) is 0.424. The van der Waals surface area contributed by atoms with Gasteiger partial charge in [0.25, 0.3) is 16.8 Å². The Morgan fingerprint density at radius 3 is 2.70 bits per heavy atom. The number of carbonyl (C=O) groups excluding carboxylic acids is 4. The molecule has 0 radical (unpaired) electrons. The van der Waals surface area contributed by atoms with Gasteiger partial charge in [-0.3, -0.25) is 29.4 Å². The summed E-state index contributed by atoms with van der Waals surface area (Å²) in [4.78, 5) is 61.9. The maximum Gasteiger partial charge on any atom is 0.339 e. The van der Waals surface area contributed by atoms with Crippen molar-refractivity contribution in [2.24, 2.45) is 0 Å². The zero-order chi connectivity index (χ0) is 28.8. The summed E-state index contributed by atoms with van der Waals surface area (Å²) < 4.78 is 10.8. The number of amides is 3. The number of nitrogens with zero attached hydrogens (tertiary/aromatic N) is 2. The monoisotopic (exact) mass is 583 g/mol. The molecular formula is C27H22ClN3O8S. The first-order chi connectivity index (χ1) is 19.2. The van der Waals surface area contributed by atoms with Gasteiger partial charge in [0.05, 0.1) is 32.6 Å².